The second-order valence-corrected chi connectivity index (χ2v) is 6.94. The largest absolute Gasteiger partial charge is 0.375 e. The molecule has 132 valence electrons. The van der Waals surface area contributed by atoms with Crippen LogP contribution in [0.1, 0.15) is 25.0 Å². The van der Waals surface area contributed by atoms with E-state index in [4.69, 9.17) is 9.47 Å². The van der Waals surface area contributed by atoms with E-state index in [0.717, 1.165) is 44.7 Å². The van der Waals surface area contributed by atoms with Gasteiger partial charge in [-0.3, -0.25) is 14.7 Å². The number of ether oxygens (including phenoxy) is 2. The van der Waals surface area contributed by atoms with E-state index < -0.39 is 0 Å². The summed E-state index contributed by atoms with van der Waals surface area (Å²) in [5, 5.41) is 0. The molecule has 1 spiro atoms. The minimum absolute atomic E-state index is 0.0606. The predicted molar refractivity (Wildman–Crippen MR) is 90.5 cm³/mol. The van der Waals surface area contributed by atoms with Crippen LogP contribution in [0.3, 0.4) is 0 Å². The first-order chi connectivity index (χ1) is 11.6. The molecule has 2 aliphatic heterocycles. The predicted octanol–water partition coefficient (Wildman–Crippen LogP) is 1.31. The van der Waals surface area contributed by atoms with E-state index in [1.54, 1.807) is 7.11 Å². The monoisotopic (exact) mass is 333 g/mol. The van der Waals surface area contributed by atoms with Crippen LogP contribution in [0.25, 0.3) is 0 Å². The number of likely N-dealkylation sites (tertiary alicyclic amines) is 1. The molecular formula is C18H27N3O3. The van der Waals surface area contributed by atoms with Crippen molar-refractivity contribution in [1.29, 1.82) is 0 Å². The van der Waals surface area contributed by atoms with Gasteiger partial charge in [-0.05, 0) is 38.4 Å². The van der Waals surface area contributed by atoms with Gasteiger partial charge in [-0.1, -0.05) is 6.07 Å². The van der Waals surface area contributed by atoms with Crippen LogP contribution in [-0.4, -0.2) is 72.8 Å². The quantitative estimate of drug-likeness (QED) is 0.813. The highest BCUT2D eigenvalue weighted by Crippen LogP contribution is 2.36. The highest BCUT2D eigenvalue weighted by molar-refractivity contribution is 5.77. The van der Waals surface area contributed by atoms with Crippen molar-refractivity contribution in [3.63, 3.8) is 0 Å². The minimum Gasteiger partial charge on any atom is -0.375 e. The number of rotatable bonds is 5. The molecule has 0 radical (unpaired) electrons. The van der Waals surface area contributed by atoms with E-state index in [9.17, 15) is 4.79 Å². The van der Waals surface area contributed by atoms with Gasteiger partial charge in [-0.25, -0.2) is 0 Å². The zero-order chi connectivity index (χ0) is 17.0. The van der Waals surface area contributed by atoms with Crippen LogP contribution >= 0.6 is 0 Å². The summed E-state index contributed by atoms with van der Waals surface area (Å²) in [6, 6.07) is 6.37. The van der Waals surface area contributed by atoms with Gasteiger partial charge in [0.1, 0.15) is 6.61 Å². The molecule has 24 heavy (non-hydrogen) atoms. The number of carbonyl (C=O) groups is 1. The van der Waals surface area contributed by atoms with Crippen molar-refractivity contribution in [1.82, 2.24) is 14.8 Å². The lowest BCUT2D eigenvalue weighted by Gasteiger charge is -2.40. The Bertz CT molecular complexity index is 554. The first-order valence-corrected chi connectivity index (χ1v) is 8.63. The molecule has 1 aromatic rings. The van der Waals surface area contributed by atoms with Crippen molar-refractivity contribution in [3.8, 4) is 0 Å². The van der Waals surface area contributed by atoms with Crippen LogP contribution in [0, 0.1) is 0 Å². The number of pyridine rings is 1. The maximum atomic E-state index is 12.1. The van der Waals surface area contributed by atoms with Crippen molar-refractivity contribution in [3.05, 3.63) is 30.1 Å². The first-order valence-electron chi connectivity index (χ1n) is 8.63. The maximum Gasteiger partial charge on any atom is 0.248 e. The minimum atomic E-state index is -0.190. The van der Waals surface area contributed by atoms with Gasteiger partial charge in [0, 0.05) is 39.0 Å². The molecule has 0 N–H and O–H groups in total. The number of carbonyl (C=O) groups excluding carboxylic acids is 1. The van der Waals surface area contributed by atoms with Gasteiger partial charge in [0.25, 0.3) is 0 Å². The number of nitrogens with zero attached hydrogens (tertiary/aromatic N) is 3. The molecule has 2 unspecified atom stereocenters. The lowest BCUT2D eigenvalue weighted by molar-refractivity contribution is -0.143. The maximum absolute atomic E-state index is 12.1. The van der Waals surface area contributed by atoms with Gasteiger partial charge in [0.05, 0.1) is 17.9 Å². The topological polar surface area (TPSA) is 54.9 Å². The van der Waals surface area contributed by atoms with E-state index in [1.807, 2.05) is 29.3 Å². The van der Waals surface area contributed by atoms with Crippen LogP contribution in [-0.2, 0) is 20.8 Å². The number of piperidine rings is 1. The fourth-order valence-electron chi connectivity index (χ4n) is 3.79. The normalized spacial score (nSPS) is 27.1. The molecule has 1 aromatic heterocycles. The average Bonchev–Trinajstić information content (AvgIpc) is 2.99. The van der Waals surface area contributed by atoms with Crippen molar-refractivity contribution >= 4 is 5.91 Å². The zero-order valence-electron chi connectivity index (χ0n) is 14.6. The molecule has 2 aliphatic rings. The summed E-state index contributed by atoms with van der Waals surface area (Å²) < 4.78 is 11.2. The summed E-state index contributed by atoms with van der Waals surface area (Å²) in [7, 11) is 3.69. The van der Waals surface area contributed by atoms with Crippen LogP contribution in [0.5, 0.6) is 0 Å². The Morgan fingerprint density at radius 2 is 2.42 bits per heavy atom. The van der Waals surface area contributed by atoms with E-state index in [1.165, 1.54) is 0 Å². The molecule has 1 amide bonds. The van der Waals surface area contributed by atoms with Crippen LogP contribution in [0.4, 0.5) is 0 Å². The van der Waals surface area contributed by atoms with Crippen molar-refractivity contribution in [2.75, 3.05) is 40.5 Å². The Labute approximate surface area is 143 Å². The van der Waals surface area contributed by atoms with Crippen molar-refractivity contribution < 1.29 is 14.3 Å². The molecular weight excluding hydrogens is 306 g/mol. The molecule has 2 atom stereocenters. The fourth-order valence-corrected chi connectivity index (χ4v) is 3.79. The molecule has 2 saturated heterocycles. The molecule has 0 aromatic carbocycles. The summed E-state index contributed by atoms with van der Waals surface area (Å²) in [6.45, 7) is 3.18. The number of methoxy groups -OCH3 is 1. The van der Waals surface area contributed by atoms with E-state index in [-0.39, 0.29) is 18.1 Å². The molecule has 6 heteroatoms. The third-order valence-corrected chi connectivity index (χ3v) is 5.11. The molecule has 0 aliphatic carbocycles. The summed E-state index contributed by atoms with van der Waals surface area (Å²) in [5.41, 5.74) is 0.881. The number of aromatic nitrogens is 1. The molecule has 0 saturated carbocycles. The molecule has 0 bridgehead atoms. The summed E-state index contributed by atoms with van der Waals surface area (Å²) in [4.78, 5) is 20.7. The van der Waals surface area contributed by atoms with Crippen LogP contribution in [0.15, 0.2) is 24.4 Å². The van der Waals surface area contributed by atoms with Gasteiger partial charge in [-0.2, -0.15) is 0 Å². The first kappa shape index (κ1) is 17.3. The number of amides is 1. The van der Waals surface area contributed by atoms with Crippen LogP contribution < -0.4 is 0 Å². The molecule has 6 nitrogen and oxygen atoms in total. The van der Waals surface area contributed by atoms with Crippen molar-refractivity contribution in [2.45, 2.75) is 37.5 Å². The van der Waals surface area contributed by atoms with E-state index in [0.29, 0.717) is 12.6 Å². The summed E-state index contributed by atoms with van der Waals surface area (Å²) in [5.74, 6) is 0.0606. The molecule has 2 fully saturated rings. The number of hydrogen-bond donors (Lipinski definition) is 0. The third-order valence-electron chi connectivity index (χ3n) is 5.11. The van der Waals surface area contributed by atoms with E-state index >= 15 is 0 Å². The Balaban J connectivity index is 1.58. The highest BCUT2D eigenvalue weighted by atomic mass is 16.5. The second kappa shape index (κ2) is 7.59. The highest BCUT2D eigenvalue weighted by Gasteiger charge is 2.45. The lowest BCUT2D eigenvalue weighted by Crippen LogP contribution is -2.51. The van der Waals surface area contributed by atoms with Gasteiger partial charge >= 0.3 is 0 Å². The van der Waals surface area contributed by atoms with Gasteiger partial charge in [-0.15, -0.1) is 0 Å². The third kappa shape index (κ3) is 3.94. The average molecular weight is 333 g/mol. The summed E-state index contributed by atoms with van der Waals surface area (Å²) in [6.07, 6.45) is 4.81. The smallest absolute Gasteiger partial charge is 0.248 e. The molecule has 3 rings (SSSR count). The fraction of sp³-hybridized carbons (Fsp3) is 0.667. The van der Waals surface area contributed by atoms with Gasteiger partial charge < -0.3 is 14.4 Å². The zero-order valence-corrected chi connectivity index (χ0v) is 14.6. The second-order valence-electron chi connectivity index (χ2n) is 6.94. The number of likely N-dealkylation sites (N-methyl/N-ethyl adjacent to an activating group) is 1. The summed E-state index contributed by atoms with van der Waals surface area (Å²) >= 11 is 0. The Hall–Kier alpha value is -1.50. The Morgan fingerprint density at radius 3 is 3.17 bits per heavy atom. The van der Waals surface area contributed by atoms with E-state index in [2.05, 4.69) is 16.9 Å². The molecule has 3 heterocycles. The van der Waals surface area contributed by atoms with Gasteiger partial charge in [0.15, 0.2) is 0 Å². The van der Waals surface area contributed by atoms with Crippen LogP contribution in [0.2, 0.25) is 0 Å². The Morgan fingerprint density at radius 1 is 1.54 bits per heavy atom. The Kier molecular flexibility index (Phi) is 5.48. The van der Waals surface area contributed by atoms with Crippen molar-refractivity contribution in [2.24, 2.45) is 0 Å². The number of hydrogen-bond acceptors (Lipinski definition) is 5. The standard InChI is InChI=1S/C18H27N3O3/c1-20(11-15-6-3-4-8-19-15)16-10-18(24-12-16)7-5-9-21(14-18)17(22)13-23-2/h3-4,6,8,16H,5,7,9-14H2,1-2H3. The lowest BCUT2D eigenvalue weighted by atomic mass is 9.88. The van der Waals surface area contributed by atoms with Gasteiger partial charge in [0.2, 0.25) is 5.91 Å². The SMILES string of the molecule is COCC(=O)N1CCCC2(CC(N(C)Cc3ccccn3)CO2)C1.